The summed E-state index contributed by atoms with van der Waals surface area (Å²) >= 11 is 0. The predicted octanol–water partition coefficient (Wildman–Crippen LogP) is 2.03. The van der Waals surface area contributed by atoms with E-state index < -0.39 is 0 Å². The van der Waals surface area contributed by atoms with E-state index in [0.717, 1.165) is 38.5 Å². The molecule has 0 radical (unpaired) electrons. The highest BCUT2D eigenvalue weighted by Crippen LogP contribution is 2.18. The number of carbonyl (C=O) groups excluding carboxylic acids is 1. The van der Waals surface area contributed by atoms with Crippen molar-refractivity contribution in [2.24, 2.45) is 5.92 Å². The van der Waals surface area contributed by atoms with Crippen molar-refractivity contribution in [3.05, 3.63) is 0 Å². The molecule has 0 aromatic rings. The second kappa shape index (κ2) is 7.54. The monoisotopic (exact) mass is 242 g/mol. The smallest absolute Gasteiger partial charge is 0.315 e. The van der Waals surface area contributed by atoms with Crippen LogP contribution in [0.1, 0.15) is 52.4 Å². The van der Waals surface area contributed by atoms with E-state index in [0.29, 0.717) is 12.5 Å². The average molecular weight is 242 g/mol. The third kappa shape index (κ3) is 5.91. The Morgan fingerprint density at radius 3 is 2.71 bits per heavy atom. The first-order valence-electron chi connectivity index (χ1n) is 6.82. The summed E-state index contributed by atoms with van der Waals surface area (Å²) in [6.07, 6.45) is 5.62. The van der Waals surface area contributed by atoms with Crippen molar-refractivity contribution >= 4 is 6.03 Å². The Kier molecular flexibility index (Phi) is 6.34. The normalized spacial score (nSPS) is 24.7. The molecular weight excluding hydrogens is 216 g/mol. The minimum absolute atomic E-state index is 0.0613. The van der Waals surface area contributed by atoms with Gasteiger partial charge in [-0.25, -0.2) is 4.79 Å². The number of hydrogen-bond donors (Lipinski definition) is 3. The zero-order valence-electron chi connectivity index (χ0n) is 11.0. The Bertz CT molecular complexity index is 231. The van der Waals surface area contributed by atoms with Crippen LogP contribution in [0.25, 0.3) is 0 Å². The summed E-state index contributed by atoms with van der Waals surface area (Å²) in [5.41, 5.74) is 0. The van der Waals surface area contributed by atoms with E-state index in [2.05, 4.69) is 24.5 Å². The van der Waals surface area contributed by atoms with Gasteiger partial charge in [-0.3, -0.25) is 0 Å². The maximum Gasteiger partial charge on any atom is 0.315 e. The van der Waals surface area contributed by atoms with Crippen LogP contribution in [0, 0.1) is 5.92 Å². The highest BCUT2D eigenvalue weighted by atomic mass is 16.3. The lowest BCUT2D eigenvalue weighted by Crippen LogP contribution is -2.49. The van der Waals surface area contributed by atoms with Crippen LogP contribution >= 0.6 is 0 Å². The molecule has 4 heteroatoms. The summed E-state index contributed by atoms with van der Waals surface area (Å²) in [5.74, 6) is 0.681. The molecule has 2 unspecified atom stereocenters. The van der Waals surface area contributed by atoms with Gasteiger partial charge in [-0.15, -0.1) is 0 Å². The molecule has 17 heavy (non-hydrogen) atoms. The summed E-state index contributed by atoms with van der Waals surface area (Å²) in [5, 5.41) is 15.4. The van der Waals surface area contributed by atoms with Gasteiger partial charge in [0.25, 0.3) is 0 Å². The van der Waals surface area contributed by atoms with Crippen molar-refractivity contribution in [3.8, 4) is 0 Å². The van der Waals surface area contributed by atoms with E-state index in [-0.39, 0.29) is 18.2 Å². The fourth-order valence-electron chi connectivity index (χ4n) is 2.21. The lowest BCUT2D eigenvalue weighted by molar-refractivity contribution is 0.0943. The highest BCUT2D eigenvalue weighted by Gasteiger charge is 2.24. The van der Waals surface area contributed by atoms with Crippen LogP contribution in [-0.4, -0.2) is 29.8 Å². The fourth-order valence-corrected chi connectivity index (χ4v) is 2.21. The molecule has 2 atom stereocenters. The molecule has 2 amide bonds. The van der Waals surface area contributed by atoms with Crippen molar-refractivity contribution in [1.29, 1.82) is 0 Å². The number of hydrogen-bond acceptors (Lipinski definition) is 2. The van der Waals surface area contributed by atoms with Gasteiger partial charge in [-0.2, -0.15) is 0 Å². The number of amides is 2. The SMILES string of the molecule is CC(C)CCCNC(=O)NC1CCCCC1O. The van der Waals surface area contributed by atoms with Gasteiger partial charge in [0.15, 0.2) is 0 Å². The molecule has 3 N–H and O–H groups in total. The number of urea groups is 1. The third-order valence-electron chi connectivity index (χ3n) is 3.29. The Balaban J connectivity index is 2.11. The van der Waals surface area contributed by atoms with Gasteiger partial charge >= 0.3 is 6.03 Å². The second-order valence-corrected chi connectivity index (χ2v) is 5.39. The molecule has 0 heterocycles. The number of aliphatic hydroxyl groups excluding tert-OH is 1. The minimum atomic E-state index is -0.370. The molecule has 0 spiro atoms. The van der Waals surface area contributed by atoms with Crippen LogP contribution in [0.4, 0.5) is 4.79 Å². The minimum Gasteiger partial charge on any atom is -0.391 e. The number of aliphatic hydroxyl groups is 1. The van der Waals surface area contributed by atoms with Crippen LogP contribution < -0.4 is 10.6 Å². The molecule has 1 aliphatic rings. The van der Waals surface area contributed by atoms with Crippen molar-refractivity contribution in [2.45, 2.75) is 64.5 Å². The molecule has 0 saturated heterocycles. The van der Waals surface area contributed by atoms with Gasteiger partial charge in [-0.1, -0.05) is 26.7 Å². The molecule has 0 aromatic heterocycles. The first kappa shape index (κ1) is 14.3. The van der Waals surface area contributed by atoms with Crippen LogP contribution in [0.2, 0.25) is 0 Å². The van der Waals surface area contributed by atoms with E-state index in [1.54, 1.807) is 0 Å². The van der Waals surface area contributed by atoms with E-state index in [1.165, 1.54) is 0 Å². The Labute approximate surface area is 104 Å². The van der Waals surface area contributed by atoms with Gasteiger partial charge < -0.3 is 15.7 Å². The van der Waals surface area contributed by atoms with Crippen molar-refractivity contribution in [1.82, 2.24) is 10.6 Å². The van der Waals surface area contributed by atoms with Crippen molar-refractivity contribution < 1.29 is 9.90 Å². The molecule has 0 bridgehead atoms. The molecule has 1 fully saturated rings. The Morgan fingerprint density at radius 1 is 1.35 bits per heavy atom. The van der Waals surface area contributed by atoms with Crippen molar-refractivity contribution in [2.75, 3.05) is 6.54 Å². The van der Waals surface area contributed by atoms with Crippen LogP contribution in [0.15, 0.2) is 0 Å². The number of carbonyl (C=O) groups is 1. The highest BCUT2D eigenvalue weighted by molar-refractivity contribution is 5.74. The van der Waals surface area contributed by atoms with Crippen molar-refractivity contribution in [3.63, 3.8) is 0 Å². The van der Waals surface area contributed by atoms with Crippen LogP contribution in [-0.2, 0) is 0 Å². The first-order valence-corrected chi connectivity index (χ1v) is 6.82. The number of rotatable bonds is 5. The van der Waals surface area contributed by atoms with E-state index in [4.69, 9.17) is 0 Å². The fraction of sp³-hybridized carbons (Fsp3) is 0.923. The molecule has 1 aliphatic carbocycles. The summed E-state index contributed by atoms with van der Waals surface area (Å²) < 4.78 is 0. The molecule has 1 rings (SSSR count). The molecule has 0 aliphatic heterocycles. The van der Waals surface area contributed by atoms with Gasteiger partial charge in [0.05, 0.1) is 12.1 Å². The van der Waals surface area contributed by atoms with Gasteiger partial charge in [0, 0.05) is 6.54 Å². The molecule has 100 valence electrons. The lowest BCUT2D eigenvalue weighted by Gasteiger charge is -2.28. The van der Waals surface area contributed by atoms with Gasteiger partial charge in [-0.05, 0) is 31.6 Å². The zero-order chi connectivity index (χ0) is 12.7. The van der Waals surface area contributed by atoms with Crippen LogP contribution in [0.3, 0.4) is 0 Å². The molecular formula is C13H26N2O2. The maximum absolute atomic E-state index is 11.6. The molecule has 1 saturated carbocycles. The lowest BCUT2D eigenvalue weighted by atomic mass is 9.93. The Morgan fingerprint density at radius 2 is 2.06 bits per heavy atom. The van der Waals surface area contributed by atoms with Gasteiger partial charge in [0.1, 0.15) is 0 Å². The quantitative estimate of drug-likeness (QED) is 0.646. The third-order valence-corrected chi connectivity index (χ3v) is 3.29. The van der Waals surface area contributed by atoms with E-state index >= 15 is 0 Å². The Hall–Kier alpha value is -0.770. The standard InChI is InChI=1S/C13H26N2O2/c1-10(2)6-5-9-14-13(17)15-11-7-3-4-8-12(11)16/h10-12,16H,3-9H2,1-2H3,(H2,14,15,17). The zero-order valence-corrected chi connectivity index (χ0v) is 11.0. The van der Waals surface area contributed by atoms with Gasteiger partial charge in [0.2, 0.25) is 0 Å². The van der Waals surface area contributed by atoms with E-state index in [9.17, 15) is 9.90 Å². The topological polar surface area (TPSA) is 61.4 Å². The maximum atomic E-state index is 11.6. The van der Waals surface area contributed by atoms with Crippen LogP contribution in [0.5, 0.6) is 0 Å². The summed E-state index contributed by atoms with van der Waals surface area (Å²) in [7, 11) is 0. The first-order chi connectivity index (χ1) is 8.09. The average Bonchev–Trinajstić information content (AvgIpc) is 2.27. The second-order valence-electron chi connectivity index (χ2n) is 5.39. The summed E-state index contributed by atoms with van der Waals surface area (Å²) in [6.45, 7) is 5.07. The largest absolute Gasteiger partial charge is 0.391 e. The number of nitrogens with one attached hydrogen (secondary N) is 2. The molecule has 4 nitrogen and oxygen atoms in total. The predicted molar refractivity (Wildman–Crippen MR) is 68.9 cm³/mol. The summed E-state index contributed by atoms with van der Waals surface area (Å²) in [4.78, 5) is 11.6. The molecule has 0 aromatic carbocycles. The van der Waals surface area contributed by atoms with E-state index in [1.807, 2.05) is 0 Å². The summed E-state index contributed by atoms with van der Waals surface area (Å²) in [6, 6.07) is -0.200.